The van der Waals surface area contributed by atoms with Gasteiger partial charge in [-0.15, -0.1) is 0 Å². The number of carbonyl (C=O) groups is 3. The molecule has 0 bridgehead atoms. The van der Waals surface area contributed by atoms with Crippen LogP contribution in [-0.2, 0) is 19.9 Å². The van der Waals surface area contributed by atoms with E-state index in [4.69, 9.17) is 26.8 Å². The molecule has 2 aliphatic rings. The fraction of sp³-hybridized carbons (Fsp3) is 0.250. The van der Waals surface area contributed by atoms with Crippen LogP contribution in [0.25, 0.3) is 0 Å². The quantitative estimate of drug-likeness (QED) is 0.483. The SMILES string of the molecule is NC(=O)N1CCC[C@]1(C(=O)Nc1ccc(N2CCOCC2=O)cc1Oc1ccccc1)c1ccc(Cl)cc1. The Morgan fingerprint density at radius 2 is 1.79 bits per heavy atom. The predicted octanol–water partition coefficient (Wildman–Crippen LogP) is 4.50. The Morgan fingerprint density at radius 3 is 2.50 bits per heavy atom. The number of nitrogens with two attached hydrogens (primary N) is 1. The Balaban J connectivity index is 1.53. The van der Waals surface area contributed by atoms with Gasteiger partial charge in [0.05, 0.1) is 12.3 Å². The molecule has 0 aromatic heterocycles. The van der Waals surface area contributed by atoms with Crippen molar-refractivity contribution in [1.29, 1.82) is 0 Å². The van der Waals surface area contributed by atoms with Crippen LogP contribution >= 0.6 is 11.6 Å². The first-order valence-electron chi connectivity index (χ1n) is 12.3. The highest BCUT2D eigenvalue weighted by molar-refractivity contribution is 6.30. The van der Waals surface area contributed by atoms with Crippen molar-refractivity contribution in [1.82, 2.24) is 4.90 Å². The lowest BCUT2D eigenvalue weighted by Gasteiger charge is -2.37. The average molecular weight is 535 g/mol. The number of morpholine rings is 1. The largest absolute Gasteiger partial charge is 0.455 e. The van der Waals surface area contributed by atoms with Crippen LogP contribution in [0, 0.1) is 0 Å². The van der Waals surface area contributed by atoms with Gasteiger partial charge in [0, 0.05) is 29.9 Å². The summed E-state index contributed by atoms with van der Waals surface area (Å²) in [6.45, 7) is 1.17. The van der Waals surface area contributed by atoms with Crippen molar-refractivity contribution in [2.24, 2.45) is 5.73 Å². The number of ether oxygens (including phenoxy) is 2. The van der Waals surface area contributed by atoms with Gasteiger partial charge >= 0.3 is 6.03 Å². The van der Waals surface area contributed by atoms with E-state index in [-0.39, 0.29) is 12.5 Å². The monoisotopic (exact) mass is 534 g/mol. The highest BCUT2D eigenvalue weighted by Gasteiger charge is 2.50. The molecule has 38 heavy (non-hydrogen) atoms. The van der Waals surface area contributed by atoms with Gasteiger partial charge in [-0.05, 0) is 54.8 Å². The van der Waals surface area contributed by atoms with Crippen LogP contribution in [0.3, 0.4) is 0 Å². The molecule has 3 aromatic carbocycles. The number of urea groups is 1. The fourth-order valence-corrected chi connectivity index (χ4v) is 5.13. The molecule has 5 rings (SSSR count). The number of nitrogens with one attached hydrogen (secondary N) is 1. The highest BCUT2D eigenvalue weighted by atomic mass is 35.5. The molecule has 3 aromatic rings. The maximum atomic E-state index is 14.1. The molecule has 1 atom stereocenters. The van der Waals surface area contributed by atoms with Crippen molar-refractivity contribution in [3.8, 4) is 11.5 Å². The van der Waals surface area contributed by atoms with E-state index in [0.29, 0.717) is 66.0 Å². The lowest BCUT2D eigenvalue weighted by molar-refractivity contribution is -0.126. The van der Waals surface area contributed by atoms with E-state index < -0.39 is 17.5 Å². The molecule has 4 amide bonds. The number of hydrogen-bond acceptors (Lipinski definition) is 5. The summed E-state index contributed by atoms with van der Waals surface area (Å²) in [5, 5.41) is 3.49. The van der Waals surface area contributed by atoms with Crippen LogP contribution in [0.15, 0.2) is 72.8 Å². The van der Waals surface area contributed by atoms with Crippen LogP contribution in [0.5, 0.6) is 11.5 Å². The van der Waals surface area contributed by atoms with Gasteiger partial charge < -0.3 is 30.3 Å². The zero-order chi connectivity index (χ0) is 26.7. The standard InChI is InChI=1S/C28H27ClN4O5/c29-20-9-7-19(8-10-20)28(13-4-14-33(28)27(30)36)26(35)31-23-12-11-21(32-15-16-37-18-25(32)34)17-24(23)38-22-5-2-1-3-6-22/h1-3,5-12,17H,4,13-16,18H2,(H2,30,36)(H,31,35)/t28-/m1/s1. The third kappa shape index (κ3) is 4.90. The Bertz CT molecular complexity index is 1350. The van der Waals surface area contributed by atoms with Crippen molar-refractivity contribution < 1.29 is 23.9 Å². The summed E-state index contributed by atoms with van der Waals surface area (Å²) in [4.78, 5) is 42.0. The van der Waals surface area contributed by atoms with Gasteiger partial charge in [0.25, 0.3) is 11.8 Å². The van der Waals surface area contributed by atoms with Crippen LogP contribution in [0.4, 0.5) is 16.2 Å². The lowest BCUT2D eigenvalue weighted by Crippen LogP contribution is -2.54. The van der Waals surface area contributed by atoms with E-state index in [2.05, 4.69) is 5.32 Å². The van der Waals surface area contributed by atoms with Gasteiger partial charge in [-0.1, -0.05) is 41.9 Å². The van der Waals surface area contributed by atoms with Gasteiger partial charge in [-0.2, -0.15) is 0 Å². The molecule has 0 aliphatic carbocycles. The number of nitrogens with zero attached hydrogens (tertiary/aromatic N) is 2. The highest BCUT2D eigenvalue weighted by Crippen LogP contribution is 2.42. The van der Waals surface area contributed by atoms with Crippen molar-refractivity contribution >= 4 is 40.8 Å². The van der Waals surface area contributed by atoms with Gasteiger partial charge in [-0.3, -0.25) is 9.59 Å². The molecule has 2 heterocycles. The first kappa shape index (κ1) is 25.6. The fourth-order valence-electron chi connectivity index (χ4n) is 5.01. The van der Waals surface area contributed by atoms with E-state index in [1.54, 1.807) is 59.5 Å². The number of para-hydroxylation sites is 1. The molecule has 10 heteroatoms. The summed E-state index contributed by atoms with van der Waals surface area (Å²) in [7, 11) is 0. The number of likely N-dealkylation sites (tertiary alicyclic amines) is 1. The minimum Gasteiger partial charge on any atom is -0.455 e. The molecule has 0 saturated carbocycles. The first-order valence-corrected chi connectivity index (χ1v) is 12.7. The molecule has 0 spiro atoms. The summed E-state index contributed by atoms with van der Waals surface area (Å²) in [6.07, 6.45) is 0.989. The van der Waals surface area contributed by atoms with Crippen LogP contribution in [0.1, 0.15) is 18.4 Å². The Morgan fingerprint density at radius 1 is 1.03 bits per heavy atom. The predicted molar refractivity (Wildman–Crippen MR) is 143 cm³/mol. The number of primary amides is 1. The molecule has 0 radical (unpaired) electrons. The Hall–Kier alpha value is -4.08. The average Bonchev–Trinajstić information content (AvgIpc) is 3.38. The maximum absolute atomic E-state index is 14.1. The topological polar surface area (TPSA) is 114 Å². The van der Waals surface area contributed by atoms with Gasteiger partial charge in [0.2, 0.25) is 0 Å². The minimum absolute atomic E-state index is 0.0000721. The minimum atomic E-state index is -1.32. The van der Waals surface area contributed by atoms with Crippen LogP contribution < -0.4 is 20.7 Å². The number of carbonyl (C=O) groups excluding carboxylic acids is 3. The van der Waals surface area contributed by atoms with E-state index >= 15 is 0 Å². The normalized spacial score (nSPS) is 19.3. The first-order chi connectivity index (χ1) is 18.4. The summed E-state index contributed by atoms with van der Waals surface area (Å²) < 4.78 is 11.4. The molecule has 2 saturated heterocycles. The Kier molecular flexibility index (Phi) is 7.22. The number of rotatable bonds is 6. The van der Waals surface area contributed by atoms with Crippen molar-refractivity contribution in [2.75, 3.05) is 36.5 Å². The second-order valence-electron chi connectivity index (χ2n) is 9.11. The zero-order valence-electron chi connectivity index (χ0n) is 20.6. The van der Waals surface area contributed by atoms with Crippen molar-refractivity contribution in [2.45, 2.75) is 18.4 Å². The third-order valence-corrected chi connectivity index (χ3v) is 7.08. The zero-order valence-corrected chi connectivity index (χ0v) is 21.3. The molecular weight excluding hydrogens is 508 g/mol. The van der Waals surface area contributed by atoms with Gasteiger partial charge in [-0.25, -0.2) is 4.79 Å². The number of amides is 4. The smallest absolute Gasteiger partial charge is 0.315 e. The van der Waals surface area contributed by atoms with Crippen LogP contribution in [-0.4, -0.2) is 49.0 Å². The molecule has 3 N–H and O–H groups in total. The second kappa shape index (κ2) is 10.7. The summed E-state index contributed by atoms with van der Waals surface area (Å²) in [5.74, 6) is 0.310. The van der Waals surface area contributed by atoms with Gasteiger partial charge in [0.1, 0.15) is 17.9 Å². The number of hydrogen-bond donors (Lipinski definition) is 2. The van der Waals surface area contributed by atoms with E-state index in [1.807, 2.05) is 18.2 Å². The summed E-state index contributed by atoms with van der Waals surface area (Å²) in [5.41, 5.74) is 6.02. The number of benzene rings is 3. The van der Waals surface area contributed by atoms with E-state index in [1.165, 1.54) is 4.90 Å². The number of anilines is 2. The maximum Gasteiger partial charge on any atom is 0.315 e. The summed E-state index contributed by atoms with van der Waals surface area (Å²) in [6, 6.07) is 20.4. The molecule has 9 nitrogen and oxygen atoms in total. The van der Waals surface area contributed by atoms with Crippen LogP contribution in [0.2, 0.25) is 5.02 Å². The second-order valence-corrected chi connectivity index (χ2v) is 9.54. The molecular formula is C28H27ClN4O5. The lowest BCUT2D eigenvalue weighted by atomic mass is 9.86. The third-order valence-electron chi connectivity index (χ3n) is 6.83. The Labute approximate surface area is 225 Å². The van der Waals surface area contributed by atoms with E-state index in [0.717, 1.165) is 0 Å². The molecule has 0 unspecified atom stereocenters. The van der Waals surface area contributed by atoms with Crippen molar-refractivity contribution in [3.05, 3.63) is 83.4 Å². The van der Waals surface area contributed by atoms with Crippen molar-refractivity contribution in [3.63, 3.8) is 0 Å². The number of halogens is 1. The molecule has 196 valence electrons. The van der Waals surface area contributed by atoms with Gasteiger partial charge in [0.15, 0.2) is 5.75 Å². The molecule has 2 fully saturated rings. The molecule has 2 aliphatic heterocycles. The van der Waals surface area contributed by atoms with E-state index in [9.17, 15) is 14.4 Å². The summed E-state index contributed by atoms with van der Waals surface area (Å²) >= 11 is 6.10.